The summed E-state index contributed by atoms with van der Waals surface area (Å²) in [6.07, 6.45) is 3.08. The normalized spacial score (nSPS) is 20.6. The minimum absolute atomic E-state index is 0.209. The number of aromatic nitrogens is 2. The SMILES string of the molecule is CCN1CCC(O)(c2c(Cl)cnn2C(C)C)CC1. The average Bonchev–Trinajstić information content (AvgIpc) is 2.73. The first-order chi connectivity index (χ1) is 8.48. The Labute approximate surface area is 114 Å². The quantitative estimate of drug-likeness (QED) is 0.918. The van der Waals surface area contributed by atoms with Crippen LogP contribution in [0.5, 0.6) is 0 Å². The standard InChI is InChI=1S/C13H22ClN3O/c1-4-16-7-5-13(18,6-8-16)12-11(14)9-15-17(12)10(2)3/h9-10,18H,4-8H2,1-3H3. The molecule has 5 heteroatoms. The molecule has 1 aliphatic heterocycles. The topological polar surface area (TPSA) is 41.3 Å². The van der Waals surface area contributed by atoms with Gasteiger partial charge in [0.25, 0.3) is 0 Å². The molecule has 0 atom stereocenters. The molecule has 2 heterocycles. The van der Waals surface area contributed by atoms with Crippen LogP contribution in [0.1, 0.15) is 45.3 Å². The molecule has 4 nitrogen and oxygen atoms in total. The van der Waals surface area contributed by atoms with Gasteiger partial charge in [-0.2, -0.15) is 5.10 Å². The van der Waals surface area contributed by atoms with Gasteiger partial charge in [-0.15, -0.1) is 0 Å². The average molecular weight is 272 g/mol. The predicted molar refractivity (Wildman–Crippen MR) is 72.9 cm³/mol. The molecule has 1 aromatic heterocycles. The van der Waals surface area contributed by atoms with Crippen molar-refractivity contribution in [3.05, 3.63) is 16.9 Å². The van der Waals surface area contributed by atoms with Crippen molar-refractivity contribution in [1.29, 1.82) is 0 Å². The van der Waals surface area contributed by atoms with Gasteiger partial charge >= 0.3 is 0 Å². The Morgan fingerprint density at radius 3 is 2.56 bits per heavy atom. The van der Waals surface area contributed by atoms with E-state index >= 15 is 0 Å². The van der Waals surface area contributed by atoms with Crippen LogP contribution >= 0.6 is 11.6 Å². The Hall–Kier alpha value is -0.580. The van der Waals surface area contributed by atoms with Gasteiger partial charge in [0.05, 0.1) is 16.9 Å². The van der Waals surface area contributed by atoms with E-state index in [4.69, 9.17) is 11.6 Å². The van der Waals surface area contributed by atoms with E-state index in [-0.39, 0.29) is 6.04 Å². The first-order valence-corrected chi connectivity index (χ1v) is 7.04. The maximum absolute atomic E-state index is 10.9. The Morgan fingerprint density at radius 1 is 1.44 bits per heavy atom. The summed E-state index contributed by atoms with van der Waals surface area (Å²) in [5, 5.41) is 15.7. The van der Waals surface area contributed by atoms with Gasteiger partial charge in [-0.25, -0.2) is 0 Å². The Kier molecular flexibility index (Phi) is 3.99. The van der Waals surface area contributed by atoms with Crippen LogP contribution < -0.4 is 0 Å². The van der Waals surface area contributed by atoms with Crippen molar-refractivity contribution < 1.29 is 5.11 Å². The summed E-state index contributed by atoms with van der Waals surface area (Å²) >= 11 is 6.23. The summed E-state index contributed by atoms with van der Waals surface area (Å²) in [5.41, 5.74) is -0.0429. The third kappa shape index (κ3) is 2.42. The highest BCUT2D eigenvalue weighted by Gasteiger charge is 2.38. The summed E-state index contributed by atoms with van der Waals surface area (Å²) in [5.74, 6) is 0. The molecule has 1 N–H and O–H groups in total. The molecule has 102 valence electrons. The molecule has 0 amide bonds. The lowest BCUT2D eigenvalue weighted by atomic mass is 9.88. The second-order valence-corrected chi connectivity index (χ2v) is 5.75. The first-order valence-electron chi connectivity index (χ1n) is 6.66. The van der Waals surface area contributed by atoms with Crippen LogP contribution in [0, 0.1) is 0 Å². The fraction of sp³-hybridized carbons (Fsp3) is 0.769. The molecule has 0 unspecified atom stereocenters. The van der Waals surface area contributed by atoms with E-state index in [1.165, 1.54) is 0 Å². The third-order valence-corrected chi connectivity index (χ3v) is 4.09. The molecular formula is C13H22ClN3O. The van der Waals surface area contributed by atoms with E-state index in [1.54, 1.807) is 6.20 Å². The molecule has 1 saturated heterocycles. The Bertz CT molecular complexity index is 408. The van der Waals surface area contributed by atoms with E-state index in [2.05, 4.69) is 30.8 Å². The van der Waals surface area contributed by atoms with Gasteiger partial charge in [0.15, 0.2) is 0 Å². The lowest BCUT2D eigenvalue weighted by Gasteiger charge is -2.38. The largest absolute Gasteiger partial charge is 0.383 e. The minimum Gasteiger partial charge on any atom is -0.383 e. The summed E-state index contributed by atoms with van der Waals surface area (Å²) in [4.78, 5) is 2.35. The van der Waals surface area contributed by atoms with Crippen molar-refractivity contribution in [3.8, 4) is 0 Å². The Balaban J connectivity index is 2.28. The lowest BCUT2D eigenvalue weighted by Crippen LogP contribution is -2.43. The molecule has 0 radical (unpaired) electrons. The summed E-state index contributed by atoms with van der Waals surface area (Å²) in [6, 6.07) is 0.209. The molecule has 0 spiro atoms. The van der Waals surface area contributed by atoms with E-state index in [0.717, 1.165) is 38.2 Å². The van der Waals surface area contributed by atoms with Crippen molar-refractivity contribution in [1.82, 2.24) is 14.7 Å². The van der Waals surface area contributed by atoms with E-state index in [9.17, 15) is 5.11 Å². The molecule has 0 aliphatic carbocycles. The van der Waals surface area contributed by atoms with Crippen LogP contribution in [-0.2, 0) is 5.60 Å². The molecule has 1 aromatic rings. The molecule has 1 aliphatic rings. The highest BCUT2D eigenvalue weighted by molar-refractivity contribution is 6.31. The smallest absolute Gasteiger partial charge is 0.110 e. The maximum Gasteiger partial charge on any atom is 0.110 e. The van der Waals surface area contributed by atoms with E-state index in [0.29, 0.717) is 5.02 Å². The molecule has 0 aromatic carbocycles. The van der Waals surface area contributed by atoms with E-state index in [1.807, 2.05) is 4.68 Å². The number of aliphatic hydroxyl groups is 1. The second-order valence-electron chi connectivity index (χ2n) is 5.35. The van der Waals surface area contributed by atoms with Gasteiger partial charge in [0, 0.05) is 19.1 Å². The monoisotopic (exact) mass is 271 g/mol. The van der Waals surface area contributed by atoms with Crippen LogP contribution in [0.25, 0.3) is 0 Å². The number of hydrogen-bond acceptors (Lipinski definition) is 3. The number of hydrogen-bond donors (Lipinski definition) is 1. The number of rotatable bonds is 3. The molecular weight excluding hydrogens is 250 g/mol. The number of halogens is 1. The molecule has 2 rings (SSSR count). The summed E-state index contributed by atoms with van der Waals surface area (Å²) in [7, 11) is 0. The summed E-state index contributed by atoms with van der Waals surface area (Å²) < 4.78 is 1.85. The zero-order valence-electron chi connectivity index (χ0n) is 11.4. The molecule has 0 saturated carbocycles. The highest BCUT2D eigenvalue weighted by atomic mass is 35.5. The number of likely N-dealkylation sites (tertiary alicyclic amines) is 1. The first kappa shape index (κ1) is 13.8. The summed E-state index contributed by atoms with van der Waals surface area (Å²) in [6.45, 7) is 9.11. The van der Waals surface area contributed by atoms with Crippen molar-refractivity contribution in [2.24, 2.45) is 0 Å². The minimum atomic E-state index is -0.830. The van der Waals surface area contributed by atoms with Crippen molar-refractivity contribution in [3.63, 3.8) is 0 Å². The lowest BCUT2D eigenvalue weighted by molar-refractivity contribution is -0.0322. The van der Waals surface area contributed by atoms with Crippen molar-refractivity contribution >= 4 is 11.6 Å². The van der Waals surface area contributed by atoms with Gasteiger partial charge in [-0.05, 0) is 33.2 Å². The number of nitrogens with zero attached hydrogens (tertiary/aromatic N) is 3. The van der Waals surface area contributed by atoms with Gasteiger partial charge < -0.3 is 10.0 Å². The highest BCUT2D eigenvalue weighted by Crippen LogP contribution is 2.37. The van der Waals surface area contributed by atoms with Gasteiger partial charge in [0.1, 0.15) is 5.60 Å². The zero-order valence-corrected chi connectivity index (χ0v) is 12.1. The van der Waals surface area contributed by atoms with Crippen LogP contribution in [0.4, 0.5) is 0 Å². The van der Waals surface area contributed by atoms with Crippen LogP contribution in [0.3, 0.4) is 0 Å². The number of piperidine rings is 1. The van der Waals surface area contributed by atoms with Crippen LogP contribution in [0.2, 0.25) is 5.02 Å². The molecule has 18 heavy (non-hydrogen) atoms. The van der Waals surface area contributed by atoms with Crippen LogP contribution in [0.15, 0.2) is 6.20 Å². The van der Waals surface area contributed by atoms with E-state index < -0.39 is 5.60 Å². The van der Waals surface area contributed by atoms with Crippen LogP contribution in [-0.4, -0.2) is 39.4 Å². The van der Waals surface area contributed by atoms with Gasteiger partial charge in [0.2, 0.25) is 0 Å². The van der Waals surface area contributed by atoms with Gasteiger partial charge in [-0.1, -0.05) is 18.5 Å². The van der Waals surface area contributed by atoms with Crippen molar-refractivity contribution in [2.45, 2.75) is 45.3 Å². The fourth-order valence-electron chi connectivity index (χ4n) is 2.64. The Morgan fingerprint density at radius 2 is 2.06 bits per heavy atom. The fourth-order valence-corrected chi connectivity index (χ4v) is 2.95. The maximum atomic E-state index is 10.9. The molecule has 0 bridgehead atoms. The second kappa shape index (κ2) is 5.19. The van der Waals surface area contributed by atoms with Crippen molar-refractivity contribution in [2.75, 3.05) is 19.6 Å². The predicted octanol–water partition coefficient (Wildman–Crippen LogP) is 2.42. The molecule has 1 fully saturated rings. The third-order valence-electron chi connectivity index (χ3n) is 3.81. The van der Waals surface area contributed by atoms with Gasteiger partial charge in [-0.3, -0.25) is 4.68 Å². The zero-order chi connectivity index (χ0) is 13.3.